The maximum absolute atomic E-state index is 12.0. The van der Waals surface area contributed by atoms with Crippen LogP contribution in [-0.4, -0.2) is 33.3 Å². The van der Waals surface area contributed by atoms with E-state index < -0.39 is 5.60 Å². The van der Waals surface area contributed by atoms with Crippen LogP contribution < -0.4 is 0 Å². The predicted octanol–water partition coefficient (Wildman–Crippen LogP) is 3.46. The molecule has 20 heavy (non-hydrogen) atoms. The van der Waals surface area contributed by atoms with Gasteiger partial charge in [0.05, 0.1) is 18.3 Å². The molecule has 0 bridgehead atoms. The van der Waals surface area contributed by atoms with Gasteiger partial charge in [0, 0.05) is 23.3 Å². The van der Waals surface area contributed by atoms with Crippen LogP contribution in [-0.2, 0) is 11.3 Å². The van der Waals surface area contributed by atoms with Crippen molar-refractivity contribution < 1.29 is 9.53 Å². The number of rotatable bonds is 2. The molecular formula is C14H18BrN3O2. The lowest BCUT2D eigenvalue weighted by molar-refractivity contribution is 0.0286. The highest BCUT2D eigenvalue weighted by Crippen LogP contribution is 2.18. The number of halogens is 1. The summed E-state index contributed by atoms with van der Waals surface area (Å²) in [6.07, 6.45) is 3.30. The fourth-order valence-corrected chi connectivity index (χ4v) is 2.12. The molecule has 2 aromatic rings. The fourth-order valence-electron chi connectivity index (χ4n) is 1.79. The third-order valence-electron chi connectivity index (χ3n) is 2.68. The number of fused-ring (bicyclic) bond motifs is 1. The second-order valence-corrected chi connectivity index (χ2v) is 6.60. The Morgan fingerprint density at radius 1 is 1.50 bits per heavy atom. The molecule has 1 amide bonds. The molecule has 0 unspecified atom stereocenters. The SMILES string of the molecule is CN(Cc1cnn2ccc(Br)cc12)C(=O)OC(C)(C)C. The van der Waals surface area contributed by atoms with E-state index >= 15 is 0 Å². The summed E-state index contributed by atoms with van der Waals surface area (Å²) >= 11 is 3.44. The van der Waals surface area contributed by atoms with Crippen LogP contribution in [0, 0.1) is 0 Å². The summed E-state index contributed by atoms with van der Waals surface area (Å²) in [5.74, 6) is 0. The summed E-state index contributed by atoms with van der Waals surface area (Å²) in [7, 11) is 1.72. The second-order valence-electron chi connectivity index (χ2n) is 5.68. The topological polar surface area (TPSA) is 46.8 Å². The van der Waals surface area contributed by atoms with E-state index in [1.807, 2.05) is 39.1 Å². The smallest absolute Gasteiger partial charge is 0.410 e. The first-order valence-corrected chi connectivity index (χ1v) is 7.11. The summed E-state index contributed by atoms with van der Waals surface area (Å²) < 4.78 is 8.09. The summed E-state index contributed by atoms with van der Waals surface area (Å²) in [5, 5.41) is 4.26. The van der Waals surface area contributed by atoms with Gasteiger partial charge in [-0.15, -0.1) is 0 Å². The molecule has 0 saturated heterocycles. The van der Waals surface area contributed by atoms with Gasteiger partial charge in [-0.2, -0.15) is 5.10 Å². The van der Waals surface area contributed by atoms with Gasteiger partial charge in [0.2, 0.25) is 0 Å². The molecule has 0 spiro atoms. The third-order valence-corrected chi connectivity index (χ3v) is 3.17. The highest BCUT2D eigenvalue weighted by molar-refractivity contribution is 9.10. The maximum atomic E-state index is 12.0. The van der Waals surface area contributed by atoms with E-state index in [0.717, 1.165) is 15.6 Å². The first-order chi connectivity index (χ1) is 9.26. The van der Waals surface area contributed by atoms with Crippen LogP contribution in [0.3, 0.4) is 0 Å². The molecule has 2 rings (SSSR count). The Balaban J connectivity index is 2.15. The van der Waals surface area contributed by atoms with Crippen molar-refractivity contribution in [3.63, 3.8) is 0 Å². The molecule has 0 radical (unpaired) electrons. The summed E-state index contributed by atoms with van der Waals surface area (Å²) in [4.78, 5) is 13.5. The lowest BCUT2D eigenvalue weighted by Gasteiger charge is -2.24. The van der Waals surface area contributed by atoms with Crippen molar-refractivity contribution in [1.82, 2.24) is 14.5 Å². The largest absolute Gasteiger partial charge is 0.444 e. The van der Waals surface area contributed by atoms with Crippen LogP contribution in [0.25, 0.3) is 5.52 Å². The van der Waals surface area contributed by atoms with E-state index in [4.69, 9.17) is 4.74 Å². The highest BCUT2D eigenvalue weighted by Gasteiger charge is 2.20. The van der Waals surface area contributed by atoms with Crippen molar-refractivity contribution in [2.24, 2.45) is 0 Å². The predicted molar refractivity (Wildman–Crippen MR) is 80.6 cm³/mol. The van der Waals surface area contributed by atoms with Crippen molar-refractivity contribution in [3.8, 4) is 0 Å². The second kappa shape index (κ2) is 5.44. The van der Waals surface area contributed by atoms with Crippen LogP contribution in [0.15, 0.2) is 29.0 Å². The van der Waals surface area contributed by atoms with E-state index in [-0.39, 0.29) is 6.09 Å². The average molecular weight is 340 g/mol. The van der Waals surface area contributed by atoms with Crippen LogP contribution in [0.1, 0.15) is 26.3 Å². The Labute approximate surface area is 126 Å². The van der Waals surface area contributed by atoms with Gasteiger partial charge in [0.1, 0.15) is 5.60 Å². The Morgan fingerprint density at radius 3 is 2.85 bits per heavy atom. The molecule has 0 aliphatic carbocycles. The Kier molecular flexibility index (Phi) is 4.04. The zero-order valence-electron chi connectivity index (χ0n) is 12.1. The van der Waals surface area contributed by atoms with Gasteiger partial charge >= 0.3 is 6.09 Å². The molecule has 0 saturated carbocycles. The number of hydrogen-bond donors (Lipinski definition) is 0. The van der Waals surface area contributed by atoms with Gasteiger partial charge < -0.3 is 9.64 Å². The van der Waals surface area contributed by atoms with Crippen molar-refractivity contribution in [2.75, 3.05) is 7.05 Å². The van der Waals surface area contributed by atoms with Crippen molar-refractivity contribution >= 4 is 27.5 Å². The molecule has 0 aliphatic rings. The minimum Gasteiger partial charge on any atom is -0.444 e. The lowest BCUT2D eigenvalue weighted by Crippen LogP contribution is -2.33. The van der Waals surface area contributed by atoms with Gasteiger partial charge in [-0.1, -0.05) is 15.9 Å². The molecule has 0 N–H and O–H groups in total. The molecule has 5 nitrogen and oxygen atoms in total. The van der Waals surface area contributed by atoms with Crippen LogP contribution in [0.2, 0.25) is 0 Å². The number of carbonyl (C=O) groups excluding carboxylic acids is 1. The van der Waals surface area contributed by atoms with Gasteiger partial charge in [-0.05, 0) is 32.9 Å². The molecule has 0 atom stereocenters. The van der Waals surface area contributed by atoms with E-state index in [1.165, 1.54) is 0 Å². The Hall–Kier alpha value is -1.56. The Bertz CT molecular complexity index is 631. The van der Waals surface area contributed by atoms with Crippen molar-refractivity contribution in [2.45, 2.75) is 32.9 Å². The summed E-state index contributed by atoms with van der Waals surface area (Å²) in [6, 6.07) is 3.90. The standard InChI is InChI=1S/C14H18BrN3O2/c1-14(2,3)20-13(19)17(4)9-10-8-16-18-6-5-11(15)7-12(10)18/h5-8H,9H2,1-4H3. The van der Waals surface area contributed by atoms with Gasteiger partial charge in [0.25, 0.3) is 0 Å². The van der Waals surface area contributed by atoms with Gasteiger partial charge in [-0.25, -0.2) is 9.31 Å². The third kappa shape index (κ3) is 3.50. The van der Waals surface area contributed by atoms with Crippen LogP contribution >= 0.6 is 15.9 Å². The Morgan fingerprint density at radius 2 is 2.20 bits per heavy atom. The highest BCUT2D eigenvalue weighted by atomic mass is 79.9. The lowest BCUT2D eigenvalue weighted by atomic mass is 10.2. The minimum absolute atomic E-state index is 0.341. The number of aromatic nitrogens is 2. The first-order valence-electron chi connectivity index (χ1n) is 6.32. The molecule has 108 valence electrons. The number of pyridine rings is 1. The van der Waals surface area contributed by atoms with E-state index in [0.29, 0.717) is 6.54 Å². The van der Waals surface area contributed by atoms with Gasteiger partial charge in [0.15, 0.2) is 0 Å². The number of nitrogens with zero attached hydrogens (tertiary/aromatic N) is 3. The number of amides is 1. The molecule has 2 aromatic heterocycles. The van der Waals surface area contributed by atoms with Crippen molar-refractivity contribution in [3.05, 3.63) is 34.6 Å². The summed E-state index contributed by atoms with van der Waals surface area (Å²) in [5.41, 5.74) is 1.45. The quantitative estimate of drug-likeness (QED) is 0.841. The summed E-state index contributed by atoms with van der Waals surface area (Å²) in [6.45, 7) is 6.01. The molecule has 0 aliphatic heterocycles. The van der Waals surface area contributed by atoms with E-state index in [2.05, 4.69) is 21.0 Å². The van der Waals surface area contributed by atoms with E-state index in [1.54, 1.807) is 22.7 Å². The molecule has 2 heterocycles. The van der Waals surface area contributed by atoms with E-state index in [9.17, 15) is 4.79 Å². The van der Waals surface area contributed by atoms with Crippen LogP contribution in [0.4, 0.5) is 4.79 Å². The number of hydrogen-bond acceptors (Lipinski definition) is 3. The molecule has 0 aromatic carbocycles. The number of ether oxygens (including phenoxy) is 1. The van der Waals surface area contributed by atoms with Crippen molar-refractivity contribution in [1.29, 1.82) is 0 Å². The molecule has 6 heteroatoms. The zero-order valence-corrected chi connectivity index (χ0v) is 13.6. The normalized spacial score (nSPS) is 11.7. The zero-order chi connectivity index (χ0) is 14.9. The maximum Gasteiger partial charge on any atom is 0.410 e. The first kappa shape index (κ1) is 14.8. The fraction of sp³-hybridized carbons (Fsp3) is 0.429. The average Bonchev–Trinajstić information content (AvgIpc) is 2.69. The molecule has 0 fully saturated rings. The van der Waals surface area contributed by atoms with Gasteiger partial charge in [-0.3, -0.25) is 0 Å². The number of carbonyl (C=O) groups is 1. The molecular weight excluding hydrogens is 322 g/mol. The van der Waals surface area contributed by atoms with Crippen LogP contribution in [0.5, 0.6) is 0 Å². The minimum atomic E-state index is -0.491. The monoisotopic (exact) mass is 339 g/mol.